The van der Waals surface area contributed by atoms with Crippen molar-refractivity contribution in [1.82, 2.24) is 24.8 Å². The second kappa shape index (κ2) is 14.3. The molecule has 2 amide bonds. The molecule has 0 spiro atoms. The first kappa shape index (κ1) is 36.8. The number of carbonyl (C=O) groups is 2. The van der Waals surface area contributed by atoms with Gasteiger partial charge in [-0.25, -0.2) is 13.8 Å². The number of aromatic nitrogens is 3. The van der Waals surface area contributed by atoms with Crippen molar-refractivity contribution in [1.29, 1.82) is 0 Å². The van der Waals surface area contributed by atoms with Gasteiger partial charge in [0.1, 0.15) is 23.3 Å². The molecule has 1 atom stereocenters. The van der Waals surface area contributed by atoms with Gasteiger partial charge >= 0.3 is 0 Å². The molecule has 2 aromatic heterocycles. The number of likely N-dealkylation sites (tertiary alicyclic amines) is 1. The number of imide groups is 1. The molecule has 0 saturated carbocycles. The van der Waals surface area contributed by atoms with Gasteiger partial charge in [-0.2, -0.15) is 4.98 Å². The summed E-state index contributed by atoms with van der Waals surface area (Å²) in [6.45, 7) is 8.53. The van der Waals surface area contributed by atoms with Crippen LogP contribution in [0.25, 0.3) is 16.6 Å². The third-order valence-electron chi connectivity index (χ3n) is 12.6. The van der Waals surface area contributed by atoms with Crippen LogP contribution in [0.4, 0.5) is 14.6 Å². The minimum absolute atomic E-state index is 0.00202. The average Bonchev–Trinajstić information content (AvgIpc) is 3.41. The summed E-state index contributed by atoms with van der Waals surface area (Å²) >= 11 is 3.58. The van der Waals surface area contributed by atoms with Gasteiger partial charge in [0.15, 0.2) is 0 Å². The zero-order valence-corrected chi connectivity index (χ0v) is 33.0. The number of piperidine rings is 3. The van der Waals surface area contributed by atoms with Gasteiger partial charge in [-0.15, -0.1) is 0 Å². The van der Waals surface area contributed by atoms with Gasteiger partial charge in [-0.3, -0.25) is 29.2 Å². The Kier molecular flexibility index (Phi) is 9.39. The van der Waals surface area contributed by atoms with Crippen LogP contribution in [-0.4, -0.2) is 57.4 Å². The van der Waals surface area contributed by atoms with Crippen molar-refractivity contribution in [3.63, 3.8) is 0 Å². The van der Waals surface area contributed by atoms with Gasteiger partial charge in [-0.05, 0) is 145 Å². The zero-order chi connectivity index (χ0) is 38.9. The van der Waals surface area contributed by atoms with Crippen LogP contribution in [0.3, 0.4) is 0 Å². The summed E-state index contributed by atoms with van der Waals surface area (Å²) in [6.07, 6.45) is 5.70. The summed E-state index contributed by atoms with van der Waals surface area (Å²) < 4.78 is 33.3. The number of carbonyl (C=O) groups excluding carboxylic acids is 2. The number of fused-ring (bicyclic) bond motifs is 5. The lowest BCUT2D eigenvalue weighted by Gasteiger charge is -2.34. The molecular weight excluding hydrogens is 778 g/mol. The van der Waals surface area contributed by atoms with E-state index in [4.69, 9.17) is 4.98 Å². The first-order valence-corrected chi connectivity index (χ1v) is 20.4. The molecule has 0 radical (unpaired) electrons. The van der Waals surface area contributed by atoms with E-state index in [0.717, 1.165) is 85.7 Å². The molecule has 288 valence electrons. The molecule has 6 heterocycles. The molecule has 4 aliphatic rings. The van der Waals surface area contributed by atoms with Gasteiger partial charge < -0.3 is 4.90 Å². The van der Waals surface area contributed by atoms with Crippen molar-refractivity contribution in [3.05, 3.63) is 127 Å². The molecule has 56 heavy (non-hydrogen) atoms. The predicted octanol–water partition coefficient (Wildman–Crippen LogP) is 7.74. The Morgan fingerprint density at radius 3 is 2.27 bits per heavy atom. The topological polar surface area (TPSA) is 100 Å². The normalized spacial score (nSPS) is 20.3. The SMILES string of the molecule is CC1(C)c2ccc(C3CCN(Cc4ccc(N5CCC(c6cc(F)c(C7CCC(=O)NC7=O)c(F)c6)CC5)nc4)CC3)cc2-n2c1nc(=O)c1c(Br)cccc12. The molecule has 9 rings (SSSR count). The van der Waals surface area contributed by atoms with Gasteiger partial charge in [0.05, 0.1) is 27.9 Å². The number of rotatable bonds is 6. The summed E-state index contributed by atoms with van der Waals surface area (Å²) in [5, 5.41) is 2.80. The molecule has 4 aliphatic heterocycles. The summed E-state index contributed by atoms with van der Waals surface area (Å²) in [4.78, 5) is 51.0. The zero-order valence-electron chi connectivity index (χ0n) is 31.5. The highest BCUT2D eigenvalue weighted by atomic mass is 79.9. The number of nitrogens with one attached hydrogen (secondary N) is 1. The number of pyridine rings is 1. The van der Waals surface area contributed by atoms with E-state index in [1.54, 1.807) is 0 Å². The van der Waals surface area contributed by atoms with Crippen molar-refractivity contribution in [2.75, 3.05) is 31.1 Å². The van der Waals surface area contributed by atoms with Crippen molar-refractivity contribution < 1.29 is 18.4 Å². The van der Waals surface area contributed by atoms with Gasteiger partial charge in [-0.1, -0.05) is 24.3 Å². The highest BCUT2D eigenvalue weighted by Gasteiger charge is 2.39. The molecule has 12 heteroatoms. The molecule has 1 N–H and O–H groups in total. The van der Waals surface area contributed by atoms with Gasteiger partial charge in [0, 0.05) is 42.3 Å². The van der Waals surface area contributed by atoms with Crippen LogP contribution in [0, 0.1) is 11.6 Å². The predicted molar refractivity (Wildman–Crippen MR) is 214 cm³/mol. The minimum atomic E-state index is -0.995. The number of amides is 2. The van der Waals surface area contributed by atoms with Crippen LogP contribution in [0.5, 0.6) is 0 Å². The molecule has 3 saturated heterocycles. The van der Waals surface area contributed by atoms with Crippen LogP contribution in [-0.2, 0) is 21.5 Å². The van der Waals surface area contributed by atoms with E-state index in [1.807, 2.05) is 24.4 Å². The maximum Gasteiger partial charge on any atom is 0.281 e. The maximum atomic E-state index is 15.2. The van der Waals surface area contributed by atoms with Crippen LogP contribution in [0.15, 0.2) is 76.1 Å². The Morgan fingerprint density at radius 1 is 0.857 bits per heavy atom. The molecule has 3 fully saturated rings. The number of hydrogen-bond donors (Lipinski definition) is 1. The maximum absolute atomic E-state index is 15.2. The molecule has 0 aliphatic carbocycles. The van der Waals surface area contributed by atoms with Crippen LogP contribution in [0.1, 0.15) is 104 Å². The van der Waals surface area contributed by atoms with Gasteiger partial charge in [0.25, 0.3) is 5.56 Å². The quantitative estimate of drug-likeness (QED) is 0.175. The van der Waals surface area contributed by atoms with E-state index in [9.17, 15) is 14.4 Å². The summed E-state index contributed by atoms with van der Waals surface area (Å²) in [7, 11) is 0. The highest BCUT2D eigenvalue weighted by molar-refractivity contribution is 9.10. The van der Waals surface area contributed by atoms with Crippen molar-refractivity contribution in [2.45, 2.75) is 82.1 Å². The fourth-order valence-corrected chi connectivity index (χ4v) is 10.0. The minimum Gasteiger partial charge on any atom is -0.357 e. The number of benzene rings is 3. The Labute approximate surface area is 332 Å². The summed E-state index contributed by atoms with van der Waals surface area (Å²) in [5.41, 5.74) is 5.42. The van der Waals surface area contributed by atoms with Crippen LogP contribution < -0.4 is 15.8 Å². The average molecular weight is 822 g/mol. The van der Waals surface area contributed by atoms with E-state index in [-0.39, 0.29) is 35.3 Å². The third kappa shape index (κ3) is 6.44. The first-order valence-electron chi connectivity index (χ1n) is 19.6. The van der Waals surface area contributed by atoms with Crippen molar-refractivity contribution in [3.8, 4) is 5.69 Å². The van der Waals surface area contributed by atoms with Crippen molar-refractivity contribution >= 4 is 44.5 Å². The lowest BCUT2D eigenvalue weighted by molar-refractivity contribution is -0.134. The number of nitrogens with zero attached hydrogens (tertiary/aromatic N) is 5. The second-order valence-corrected chi connectivity index (χ2v) is 17.2. The Hall–Kier alpha value is -4.81. The summed E-state index contributed by atoms with van der Waals surface area (Å²) in [6, 6.07) is 19.7. The van der Waals surface area contributed by atoms with E-state index in [1.165, 1.54) is 28.8 Å². The first-order chi connectivity index (χ1) is 27.0. The Morgan fingerprint density at radius 2 is 1.57 bits per heavy atom. The Bertz CT molecular complexity index is 2430. The number of halogens is 3. The Balaban J connectivity index is 0.810. The molecule has 9 nitrogen and oxygen atoms in total. The largest absolute Gasteiger partial charge is 0.357 e. The number of hydrogen-bond acceptors (Lipinski definition) is 7. The van der Waals surface area contributed by atoms with Crippen LogP contribution >= 0.6 is 15.9 Å². The third-order valence-corrected chi connectivity index (χ3v) is 13.3. The fourth-order valence-electron chi connectivity index (χ4n) is 9.49. The monoisotopic (exact) mass is 820 g/mol. The molecule has 3 aromatic carbocycles. The summed E-state index contributed by atoms with van der Waals surface area (Å²) in [5.74, 6) is -1.39. The standard InChI is InChI=1S/C44H43BrF2N6O3/c1-44(2)31-9-7-28(22-36(31)53-35-5-3-4-32(45)40(35)42(56)50-43(44)53)26-12-16-51(17-13-26)24-25-6-10-37(48-23-25)52-18-14-27(15-19-52)29-20-33(46)39(34(47)21-29)30-8-11-38(54)49-41(30)55/h3-7,9-10,20-23,26-27,30H,8,11-19,24H2,1-2H3,(H,49,54,55). The highest BCUT2D eigenvalue weighted by Crippen LogP contribution is 2.45. The second-order valence-electron chi connectivity index (χ2n) is 16.3. The van der Waals surface area contributed by atoms with Crippen molar-refractivity contribution in [2.24, 2.45) is 0 Å². The van der Waals surface area contributed by atoms with E-state index in [0.29, 0.717) is 16.9 Å². The molecule has 1 unspecified atom stereocenters. The van der Waals surface area contributed by atoms with E-state index < -0.39 is 29.4 Å². The lowest BCUT2D eigenvalue weighted by atomic mass is 9.83. The molecule has 5 aromatic rings. The smallest absolute Gasteiger partial charge is 0.281 e. The van der Waals surface area contributed by atoms with E-state index in [2.05, 4.69) is 84.8 Å². The fraction of sp³-hybridized carbons (Fsp3) is 0.386. The van der Waals surface area contributed by atoms with Crippen LogP contribution in [0.2, 0.25) is 0 Å². The molecular formula is C44H43BrF2N6O3. The van der Waals surface area contributed by atoms with E-state index >= 15 is 8.78 Å². The number of anilines is 1. The van der Waals surface area contributed by atoms with Gasteiger partial charge in [0.2, 0.25) is 11.8 Å². The molecule has 0 bridgehead atoms. The lowest BCUT2D eigenvalue weighted by Crippen LogP contribution is -2.40.